The van der Waals surface area contributed by atoms with Gasteiger partial charge in [0.25, 0.3) is 0 Å². The molecule has 3 aromatic carbocycles. The summed E-state index contributed by atoms with van der Waals surface area (Å²) in [7, 11) is 0. The summed E-state index contributed by atoms with van der Waals surface area (Å²) in [4.78, 5) is 13.6. The molecule has 31 heavy (non-hydrogen) atoms. The van der Waals surface area contributed by atoms with Gasteiger partial charge in [-0.05, 0) is 24.6 Å². The van der Waals surface area contributed by atoms with Gasteiger partial charge in [-0.2, -0.15) is 0 Å². The summed E-state index contributed by atoms with van der Waals surface area (Å²) in [5, 5.41) is 6.52. The predicted octanol–water partition coefficient (Wildman–Crippen LogP) is 6.99. The standard InChI is InChI=1S/C26H20N4S/c1-18-7-5-6-10-22(18)26-30-24(16-31-26)20-11-13-21(14-12-20)29-25-15-23(27-17-28-25)19-8-3-2-4-9-19/h2-17H,1H3,(H,27,28,29). The molecule has 0 bridgehead atoms. The van der Waals surface area contributed by atoms with Crippen molar-refractivity contribution in [1.29, 1.82) is 0 Å². The van der Waals surface area contributed by atoms with Gasteiger partial charge < -0.3 is 5.32 Å². The van der Waals surface area contributed by atoms with E-state index in [1.165, 1.54) is 11.1 Å². The highest BCUT2D eigenvalue weighted by atomic mass is 32.1. The maximum Gasteiger partial charge on any atom is 0.134 e. The molecule has 5 heteroatoms. The van der Waals surface area contributed by atoms with Gasteiger partial charge in [0.05, 0.1) is 11.4 Å². The second kappa shape index (κ2) is 8.50. The summed E-state index contributed by atoms with van der Waals surface area (Å²) in [5.74, 6) is 0.761. The summed E-state index contributed by atoms with van der Waals surface area (Å²) < 4.78 is 0. The lowest BCUT2D eigenvalue weighted by Gasteiger charge is -2.08. The molecule has 5 aromatic rings. The molecule has 0 atom stereocenters. The van der Waals surface area contributed by atoms with Gasteiger partial charge in [-0.1, -0.05) is 66.7 Å². The van der Waals surface area contributed by atoms with Crippen LogP contribution in [0, 0.1) is 6.92 Å². The summed E-state index contributed by atoms with van der Waals surface area (Å²) in [6, 6.07) is 28.7. The zero-order valence-corrected chi connectivity index (χ0v) is 17.8. The van der Waals surface area contributed by atoms with Gasteiger partial charge in [-0.15, -0.1) is 11.3 Å². The Morgan fingerprint density at radius 2 is 1.48 bits per heavy atom. The maximum absolute atomic E-state index is 4.85. The van der Waals surface area contributed by atoms with Crippen molar-refractivity contribution < 1.29 is 0 Å². The van der Waals surface area contributed by atoms with Crippen molar-refractivity contribution >= 4 is 22.8 Å². The smallest absolute Gasteiger partial charge is 0.134 e. The van der Waals surface area contributed by atoms with Crippen molar-refractivity contribution in [2.45, 2.75) is 6.92 Å². The normalized spacial score (nSPS) is 10.7. The monoisotopic (exact) mass is 420 g/mol. The Hall–Kier alpha value is -3.83. The fraction of sp³-hybridized carbons (Fsp3) is 0.0385. The molecule has 0 saturated carbocycles. The molecule has 0 radical (unpaired) electrons. The summed E-state index contributed by atoms with van der Waals surface area (Å²) >= 11 is 1.67. The number of thiazole rings is 1. The van der Waals surface area contributed by atoms with Crippen molar-refractivity contribution in [3.8, 4) is 33.1 Å². The average molecular weight is 421 g/mol. The first-order chi connectivity index (χ1) is 15.3. The molecule has 2 heterocycles. The zero-order chi connectivity index (χ0) is 21.0. The van der Waals surface area contributed by atoms with Crippen LogP contribution in [0.4, 0.5) is 11.5 Å². The van der Waals surface area contributed by atoms with Gasteiger partial charge in [-0.25, -0.2) is 15.0 Å². The van der Waals surface area contributed by atoms with E-state index in [9.17, 15) is 0 Å². The second-order valence-electron chi connectivity index (χ2n) is 7.21. The van der Waals surface area contributed by atoms with Gasteiger partial charge in [0.2, 0.25) is 0 Å². The minimum Gasteiger partial charge on any atom is -0.340 e. The Morgan fingerprint density at radius 1 is 0.742 bits per heavy atom. The molecule has 0 spiro atoms. The maximum atomic E-state index is 4.85. The Bertz CT molecular complexity index is 1310. The Labute approximate surface area is 185 Å². The molecule has 2 aromatic heterocycles. The number of benzene rings is 3. The van der Waals surface area contributed by atoms with E-state index in [4.69, 9.17) is 4.98 Å². The van der Waals surface area contributed by atoms with Crippen molar-refractivity contribution in [2.24, 2.45) is 0 Å². The number of hydrogen-bond donors (Lipinski definition) is 1. The average Bonchev–Trinajstić information content (AvgIpc) is 3.31. The second-order valence-corrected chi connectivity index (χ2v) is 8.07. The summed E-state index contributed by atoms with van der Waals surface area (Å²) in [6.07, 6.45) is 1.58. The Kier molecular flexibility index (Phi) is 5.25. The van der Waals surface area contributed by atoms with Crippen LogP contribution in [0.25, 0.3) is 33.1 Å². The van der Waals surface area contributed by atoms with Crippen LogP contribution in [-0.2, 0) is 0 Å². The first kappa shape index (κ1) is 19.2. The van der Waals surface area contributed by atoms with Gasteiger partial charge in [0.1, 0.15) is 17.2 Å². The van der Waals surface area contributed by atoms with Crippen molar-refractivity contribution in [2.75, 3.05) is 5.32 Å². The lowest BCUT2D eigenvalue weighted by atomic mass is 10.1. The van der Waals surface area contributed by atoms with Crippen LogP contribution in [0.2, 0.25) is 0 Å². The largest absolute Gasteiger partial charge is 0.340 e. The van der Waals surface area contributed by atoms with E-state index < -0.39 is 0 Å². The van der Waals surface area contributed by atoms with E-state index in [0.717, 1.165) is 39.0 Å². The third-order valence-electron chi connectivity index (χ3n) is 5.07. The van der Waals surface area contributed by atoms with Crippen LogP contribution in [-0.4, -0.2) is 15.0 Å². The highest BCUT2D eigenvalue weighted by molar-refractivity contribution is 7.13. The molecule has 150 valence electrons. The number of aromatic nitrogens is 3. The van der Waals surface area contributed by atoms with E-state index >= 15 is 0 Å². The quantitative estimate of drug-likeness (QED) is 0.333. The number of nitrogens with zero attached hydrogens (tertiary/aromatic N) is 3. The van der Waals surface area contributed by atoms with Crippen LogP contribution >= 0.6 is 11.3 Å². The number of nitrogens with one attached hydrogen (secondary N) is 1. The fourth-order valence-electron chi connectivity index (χ4n) is 3.41. The number of hydrogen-bond acceptors (Lipinski definition) is 5. The van der Waals surface area contributed by atoms with E-state index in [-0.39, 0.29) is 0 Å². The first-order valence-electron chi connectivity index (χ1n) is 10.0. The molecule has 0 aliphatic heterocycles. The molecule has 0 saturated heterocycles. The molecule has 0 aliphatic rings. The predicted molar refractivity (Wildman–Crippen MR) is 128 cm³/mol. The van der Waals surface area contributed by atoms with Crippen LogP contribution in [0.3, 0.4) is 0 Å². The molecule has 0 aliphatic carbocycles. The third-order valence-corrected chi connectivity index (χ3v) is 5.94. The van der Waals surface area contributed by atoms with Gasteiger partial charge in [-0.3, -0.25) is 0 Å². The van der Waals surface area contributed by atoms with Crippen LogP contribution in [0.5, 0.6) is 0 Å². The van der Waals surface area contributed by atoms with Crippen LogP contribution < -0.4 is 5.32 Å². The van der Waals surface area contributed by atoms with Gasteiger partial charge >= 0.3 is 0 Å². The van der Waals surface area contributed by atoms with Crippen molar-refractivity contribution in [3.05, 3.63) is 102 Å². The lowest BCUT2D eigenvalue weighted by molar-refractivity contribution is 1.17. The molecule has 0 amide bonds. The number of rotatable bonds is 5. The van der Waals surface area contributed by atoms with Crippen LogP contribution in [0.1, 0.15) is 5.56 Å². The number of aryl methyl sites for hydroxylation is 1. The van der Waals surface area contributed by atoms with E-state index in [1.54, 1.807) is 17.7 Å². The zero-order valence-electron chi connectivity index (χ0n) is 17.0. The number of anilines is 2. The van der Waals surface area contributed by atoms with E-state index in [2.05, 4.69) is 64.0 Å². The highest BCUT2D eigenvalue weighted by Crippen LogP contribution is 2.31. The summed E-state index contributed by atoms with van der Waals surface area (Å²) in [5.41, 5.74) is 7.43. The first-order valence-corrected chi connectivity index (χ1v) is 10.9. The van der Waals surface area contributed by atoms with Gasteiger partial charge in [0, 0.05) is 33.8 Å². The minimum atomic E-state index is 0.761. The van der Waals surface area contributed by atoms with Gasteiger partial charge in [0.15, 0.2) is 0 Å². The van der Waals surface area contributed by atoms with E-state index in [0.29, 0.717) is 0 Å². The van der Waals surface area contributed by atoms with Crippen LogP contribution in [0.15, 0.2) is 96.6 Å². The third kappa shape index (κ3) is 4.22. The molecular formula is C26H20N4S. The molecule has 1 N–H and O–H groups in total. The molecule has 0 fully saturated rings. The van der Waals surface area contributed by atoms with Crippen molar-refractivity contribution in [1.82, 2.24) is 15.0 Å². The topological polar surface area (TPSA) is 50.7 Å². The Balaban J connectivity index is 1.34. The lowest BCUT2D eigenvalue weighted by Crippen LogP contribution is -1.95. The van der Waals surface area contributed by atoms with E-state index in [1.807, 2.05) is 48.5 Å². The highest BCUT2D eigenvalue weighted by Gasteiger charge is 2.09. The SMILES string of the molecule is Cc1ccccc1-c1nc(-c2ccc(Nc3cc(-c4ccccc4)ncn3)cc2)cs1. The Morgan fingerprint density at radius 3 is 2.29 bits per heavy atom. The fourth-order valence-corrected chi connectivity index (χ4v) is 4.33. The van der Waals surface area contributed by atoms with Crippen molar-refractivity contribution in [3.63, 3.8) is 0 Å². The summed E-state index contributed by atoms with van der Waals surface area (Å²) in [6.45, 7) is 2.12. The minimum absolute atomic E-state index is 0.761. The molecular weight excluding hydrogens is 400 g/mol. The molecule has 4 nitrogen and oxygen atoms in total. The molecule has 0 unspecified atom stereocenters. The molecule has 5 rings (SSSR count).